The SMILES string of the molecule is CCn1nc(C)cc1CC(=O)c1ccc2ccccc2n1. The number of aromatic nitrogens is 3. The zero-order valence-corrected chi connectivity index (χ0v) is 12.2. The monoisotopic (exact) mass is 279 g/mol. The number of ketones is 1. The number of aryl methyl sites for hydroxylation is 2. The molecule has 0 fully saturated rings. The topological polar surface area (TPSA) is 47.8 Å². The predicted molar refractivity (Wildman–Crippen MR) is 82.4 cm³/mol. The van der Waals surface area contributed by atoms with Crippen LogP contribution in [0.1, 0.15) is 28.8 Å². The van der Waals surface area contributed by atoms with E-state index in [1.165, 1.54) is 0 Å². The van der Waals surface area contributed by atoms with Crippen molar-refractivity contribution in [1.29, 1.82) is 0 Å². The van der Waals surface area contributed by atoms with Gasteiger partial charge < -0.3 is 0 Å². The maximum Gasteiger partial charge on any atom is 0.187 e. The third-order valence-electron chi connectivity index (χ3n) is 3.51. The van der Waals surface area contributed by atoms with Crippen LogP contribution in [0.4, 0.5) is 0 Å². The molecule has 0 saturated carbocycles. The van der Waals surface area contributed by atoms with Crippen molar-refractivity contribution in [3.63, 3.8) is 0 Å². The van der Waals surface area contributed by atoms with E-state index in [2.05, 4.69) is 10.1 Å². The number of carbonyl (C=O) groups excluding carboxylic acids is 1. The van der Waals surface area contributed by atoms with Crippen LogP contribution in [0.15, 0.2) is 42.5 Å². The highest BCUT2D eigenvalue weighted by molar-refractivity contribution is 5.97. The number of hydrogen-bond donors (Lipinski definition) is 0. The van der Waals surface area contributed by atoms with E-state index in [0.29, 0.717) is 12.1 Å². The van der Waals surface area contributed by atoms with Crippen LogP contribution >= 0.6 is 0 Å². The van der Waals surface area contributed by atoms with Crippen LogP contribution in [0.3, 0.4) is 0 Å². The number of nitrogens with zero attached hydrogens (tertiary/aromatic N) is 3. The van der Waals surface area contributed by atoms with Crippen molar-refractivity contribution in [2.45, 2.75) is 26.8 Å². The Morgan fingerprint density at radius 1 is 1.19 bits per heavy atom. The van der Waals surface area contributed by atoms with Gasteiger partial charge in [-0.25, -0.2) is 4.98 Å². The molecule has 0 atom stereocenters. The quantitative estimate of drug-likeness (QED) is 0.689. The van der Waals surface area contributed by atoms with E-state index in [-0.39, 0.29) is 5.78 Å². The highest BCUT2D eigenvalue weighted by atomic mass is 16.1. The van der Waals surface area contributed by atoms with Gasteiger partial charge in [-0.2, -0.15) is 5.10 Å². The van der Waals surface area contributed by atoms with E-state index in [0.717, 1.165) is 28.8 Å². The summed E-state index contributed by atoms with van der Waals surface area (Å²) in [6, 6.07) is 13.5. The van der Waals surface area contributed by atoms with Gasteiger partial charge in [-0.1, -0.05) is 24.3 Å². The number of para-hydroxylation sites is 1. The summed E-state index contributed by atoms with van der Waals surface area (Å²) in [6.45, 7) is 4.73. The van der Waals surface area contributed by atoms with Gasteiger partial charge in [0.15, 0.2) is 5.78 Å². The molecule has 106 valence electrons. The number of pyridine rings is 1. The third-order valence-corrected chi connectivity index (χ3v) is 3.51. The van der Waals surface area contributed by atoms with Gasteiger partial charge in [-0.05, 0) is 32.0 Å². The number of rotatable bonds is 4. The number of Topliss-reactive ketones (excluding diaryl/α,β-unsaturated/α-hetero) is 1. The molecule has 0 saturated heterocycles. The van der Waals surface area contributed by atoms with E-state index in [9.17, 15) is 4.79 Å². The fourth-order valence-electron chi connectivity index (χ4n) is 2.49. The third kappa shape index (κ3) is 2.70. The first-order chi connectivity index (χ1) is 10.2. The van der Waals surface area contributed by atoms with Crippen molar-refractivity contribution in [3.05, 3.63) is 59.5 Å². The van der Waals surface area contributed by atoms with Gasteiger partial charge in [0.2, 0.25) is 0 Å². The summed E-state index contributed by atoms with van der Waals surface area (Å²) in [6.07, 6.45) is 0.333. The Morgan fingerprint density at radius 3 is 2.81 bits per heavy atom. The lowest BCUT2D eigenvalue weighted by Crippen LogP contribution is -2.11. The molecule has 0 unspecified atom stereocenters. The summed E-state index contributed by atoms with van der Waals surface area (Å²) >= 11 is 0. The Kier molecular flexibility index (Phi) is 3.52. The summed E-state index contributed by atoms with van der Waals surface area (Å²) in [5.74, 6) is 0.0235. The van der Waals surface area contributed by atoms with E-state index in [4.69, 9.17) is 0 Å². The number of carbonyl (C=O) groups is 1. The van der Waals surface area contributed by atoms with Gasteiger partial charge >= 0.3 is 0 Å². The minimum absolute atomic E-state index is 0.0235. The Bertz CT molecular complexity index is 805. The molecular formula is C17H17N3O. The molecule has 0 bridgehead atoms. The van der Waals surface area contributed by atoms with E-state index >= 15 is 0 Å². The molecule has 1 aromatic carbocycles. The summed E-state index contributed by atoms with van der Waals surface area (Å²) in [7, 11) is 0. The van der Waals surface area contributed by atoms with Crippen molar-refractivity contribution in [2.75, 3.05) is 0 Å². The highest BCUT2D eigenvalue weighted by Crippen LogP contribution is 2.14. The average Bonchev–Trinajstić information content (AvgIpc) is 2.86. The summed E-state index contributed by atoms with van der Waals surface area (Å²) in [5.41, 5.74) is 3.24. The molecule has 0 N–H and O–H groups in total. The van der Waals surface area contributed by atoms with Gasteiger partial charge in [-0.15, -0.1) is 0 Å². The molecule has 3 rings (SSSR count). The van der Waals surface area contributed by atoms with E-state index in [1.807, 2.05) is 54.9 Å². The molecule has 21 heavy (non-hydrogen) atoms. The maximum absolute atomic E-state index is 12.4. The molecule has 4 nitrogen and oxygen atoms in total. The van der Waals surface area contributed by atoms with Gasteiger partial charge in [0, 0.05) is 17.6 Å². The van der Waals surface area contributed by atoms with Gasteiger partial charge in [0.25, 0.3) is 0 Å². The molecule has 0 aliphatic heterocycles. The standard InChI is InChI=1S/C17H17N3O/c1-3-20-14(10-12(2)19-20)11-17(21)16-9-8-13-6-4-5-7-15(13)18-16/h4-10H,3,11H2,1-2H3. The van der Waals surface area contributed by atoms with Gasteiger partial charge in [0.1, 0.15) is 5.69 Å². The molecule has 0 aliphatic rings. The molecule has 2 heterocycles. The van der Waals surface area contributed by atoms with Crippen LogP contribution in [0, 0.1) is 6.92 Å². The van der Waals surface area contributed by atoms with Crippen molar-refractivity contribution in [3.8, 4) is 0 Å². The summed E-state index contributed by atoms with van der Waals surface area (Å²) < 4.78 is 1.87. The molecule has 0 spiro atoms. The Hall–Kier alpha value is -2.49. The van der Waals surface area contributed by atoms with Crippen LogP contribution in [-0.4, -0.2) is 20.5 Å². The average molecular weight is 279 g/mol. The van der Waals surface area contributed by atoms with Crippen LogP contribution in [0.25, 0.3) is 10.9 Å². The Balaban J connectivity index is 1.89. The van der Waals surface area contributed by atoms with Crippen molar-refractivity contribution < 1.29 is 4.79 Å². The lowest BCUT2D eigenvalue weighted by molar-refractivity contribution is 0.0986. The van der Waals surface area contributed by atoms with Crippen LogP contribution < -0.4 is 0 Å². The van der Waals surface area contributed by atoms with Gasteiger partial charge in [0.05, 0.1) is 17.6 Å². The molecule has 0 radical (unpaired) electrons. The summed E-state index contributed by atoms with van der Waals surface area (Å²) in [5, 5.41) is 5.41. The normalized spacial score (nSPS) is 11.0. The second kappa shape index (κ2) is 5.48. The smallest absolute Gasteiger partial charge is 0.187 e. The summed E-state index contributed by atoms with van der Waals surface area (Å²) in [4.78, 5) is 16.9. The Labute approximate surface area is 123 Å². The molecule has 3 aromatic rings. The predicted octanol–water partition coefficient (Wildman–Crippen LogP) is 3.19. The minimum Gasteiger partial charge on any atom is -0.292 e. The van der Waals surface area contributed by atoms with Crippen LogP contribution in [0.5, 0.6) is 0 Å². The number of fused-ring (bicyclic) bond motifs is 1. The second-order valence-corrected chi connectivity index (χ2v) is 5.08. The van der Waals surface area contributed by atoms with Crippen molar-refractivity contribution in [1.82, 2.24) is 14.8 Å². The second-order valence-electron chi connectivity index (χ2n) is 5.08. The molecule has 2 aromatic heterocycles. The van der Waals surface area contributed by atoms with Crippen molar-refractivity contribution in [2.24, 2.45) is 0 Å². The first-order valence-electron chi connectivity index (χ1n) is 7.09. The molecule has 0 amide bonds. The van der Waals surface area contributed by atoms with Crippen LogP contribution in [-0.2, 0) is 13.0 Å². The van der Waals surface area contributed by atoms with Gasteiger partial charge in [-0.3, -0.25) is 9.48 Å². The lowest BCUT2D eigenvalue weighted by atomic mass is 10.1. The maximum atomic E-state index is 12.4. The van der Waals surface area contributed by atoms with E-state index < -0.39 is 0 Å². The fraction of sp³-hybridized carbons (Fsp3) is 0.235. The highest BCUT2D eigenvalue weighted by Gasteiger charge is 2.13. The molecule has 4 heteroatoms. The largest absolute Gasteiger partial charge is 0.292 e. The minimum atomic E-state index is 0.0235. The number of benzene rings is 1. The lowest BCUT2D eigenvalue weighted by Gasteiger charge is -2.05. The Morgan fingerprint density at radius 2 is 2.00 bits per heavy atom. The van der Waals surface area contributed by atoms with Crippen LogP contribution in [0.2, 0.25) is 0 Å². The molecule has 0 aliphatic carbocycles. The first-order valence-corrected chi connectivity index (χ1v) is 7.09. The zero-order chi connectivity index (χ0) is 14.8. The first kappa shape index (κ1) is 13.5. The molecular weight excluding hydrogens is 262 g/mol. The fourth-order valence-corrected chi connectivity index (χ4v) is 2.49. The van der Waals surface area contributed by atoms with E-state index in [1.54, 1.807) is 6.07 Å². The number of hydrogen-bond acceptors (Lipinski definition) is 3. The van der Waals surface area contributed by atoms with Crippen molar-refractivity contribution >= 4 is 16.7 Å². The zero-order valence-electron chi connectivity index (χ0n) is 12.2.